The van der Waals surface area contributed by atoms with E-state index in [1.54, 1.807) is 6.07 Å². The normalized spacial score (nSPS) is 11.0. The first-order chi connectivity index (χ1) is 9.79. The number of thiocarbonyl (C=S) groups is 1. The van der Waals surface area contributed by atoms with Crippen molar-refractivity contribution in [1.29, 1.82) is 0 Å². The second-order valence-corrected chi connectivity index (χ2v) is 7.47. The second-order valence-electron chi connectivity index (χ2n) is 4.03. The summed E-state index contributed by atoms with van der Waals surface area (Å²) in [5, 5.41) is 0. The van der Waals surface area contributed by atoms with Gasteiger partial charge in [0.05, 0.1) is 4.88 Å². The molecule has 9 heteroatoms. The van der Waals surface area contributed by atoms with Crippen molar-refractivity contribution in [2.24, 2.45) is 11.5 Å². The highest BCUT2D eigenvalue weighted by atomic mass is 32.2. The van der Waals surface area contributed by atoms with Gasteiger partial charge in [0.1, 0.15) is 9.20 Å². The van der Waals surface area contributed by atoms with Gasteiger partial charge in [0.15, 0.2) is 0 Å². The van der Waals surface area contributed by atoms with E-state index in [4.69, 9.17) is 23.7 Å². The van der Waals surface area contributed by atoms with Gasteiger partial charge in [0.2, 0.25) is 5.91 Å². The van der Waals surface area contributed by atoms with E-state index < -0.39 is 15.9 Å². The summed E-state index contributed by atoms with van der Waals surface area (Å²) in [6, 6.07) is 8.87. The van der Waals surface area contributed by atoms with E-state index >= 15 is 0 Å². The third-order valence-corrected chi connectivity index (χ3v) is 5.83. The molecule has 0 aliphatic heterocycles. The number of benzene rings is 1. The summed E-state index contributed by atoms with van der Waals surface area (Å²) in [5.41, 5.74) is 11.1. The minimum atomic E-state index is -3.77. The Labute approximate surface area is 130 Å². The lowest BCUT2D eigenvalue weighted by molar-refractivity contribution is 0.100. The molecule has 6 nitrogen and oxygen atoms in total. The first-order valence-corrected chi connectivity index (χ1v) is 8.33. The second kappa shape index (κ2) is 5.80. The Hall–Kier alpha value is -1.97. The average molecular weight is 341 g/mol. The van der Waals surface area contributed by atoms with Gasteiger partial charge in [-0.2, -0.15) is 0 Å². The number of primary amides is 1. The number of carbonyl (C=O) groups excluding carboxylic acids is 1. The van der Waals surface area contributed by atoms with Crippen molar-refractivity contribution in [3.63, 3.8) is 0 Å². The maximum absolute atomic E-state index is 12.2. The smallest absolute Gasteiger partial charge is 0.271 e. The molecule has 0 saturated heterocycles. The summed E-state index contributed by atoms with van der Waals surface area (Å²) >= 11 is 5.76. The summed E-state index contributed by atoms with van der Waals surface area (Å²) < 4.78 is 26.9. The third-order valence-electron chi connectivity index (χ3n) is 2.49. The van der Waals surface area contributed by atoms with Crippen LogP contribution >= 0.6 is 23.6 Å². The minimum absolute atomic E-state index is 0.0785. The first-order valence-electron chi connectivity index (χ1n) is 5.62. The molecular weight excluding hydrogens is 330 g/mol. The number of hydrogen-bond donors (Lipinski definition) is 3. The minimum Gasteiger partial charge on any atom is -0.389 e. The number of thiophene rings is 1. The molecule has 1 heterocycles. The third kappa shape index (κ3) is 3.57. The number of sulfonamides is 1. The zero-order valence-corrected chi connectivity index (χ0v) is 13.0. The quantitative estimate of drug-likeness (QED) is 0.709. The van der Waals surface area contributed by atoms with Gasteiger partial charge in [-0.25, -0.2) is 8.42 Å². The van der Waals surface area contributed by atoms with Crippen molar-refractivity contribution in [3.8, 4) is 0 Å². The fourth-order valence-corrected chi connectivity index (χ4v) is 3.94. The van der Waals surface area contributed by atoms with Gasteiger partial charge in [-0.3, -0.25) is 9.52 Å². The standard InChI is InChI=1S/C12H11N3O3S3/c13-11(16)7-2-1-3-8(6-7)15-21(17,18)10-5-4-9(20-10)12(14)19/h1-6,15H,(H2,13,16)(H2,14,19). The van der Waals surface area contributed by atoms with Gasteiger partial charge in [-0.1, -0.05) is 18.3 Å². The van der Waals surface area contributed by atoms with Crippen LogP contribution in [-0.4, -0.2) is 19.3 Å². The Morgan fingerprint density at radius 1 is 1.19 bits per heavy atom. The lowest BCUT2D eigenvalue weighted by atomic mass is 10.2. The van der Waals surface area contributed by atoms with E-state index in [2.05, 4.69) is 4.72 Å². The number of hydrogen-bond acceptors (Lipinski definition) is 5. The van der Waals surface area contributed by atoms with Crippen molar-refractivity contribution in [1.82, 2.24) is 0 Å². The van der Waals surface area contributed by atoms with Crippen LogP contribution in [0.5, 0.6) is 0 Å². The molecule has 2 rings (SSSR count). The molecule has 1 amide bonds. The predicted molar refractivity (Wildman–Crippen MR) is 86.0 cm³/mol. The Morgan fingerprint density at radius 2 is 1.90 bits per heavy atom. The molecule has 0 fully saturated rings. The summed E-state index contributed by atoms with van der Waals surface area (Å²) in [6.45, 7) is 0. The highest BCUT2D eigenvalue weighted by Gasteiger charge is 2.18. The van der Waals surface area contributed by atoms with E-state index in [1.807, 2.05) is 0 Å². The average Bonchev–Trinajstić information content (AvgIpc) is 2.89. The van der Waals surface area contributed by atoms with E-state index in [0.29, 0.717) is 4.88 Å². The molecule has 21 heavy (non-hydrogen) atoms. The molecule has 5 N–H and O–H groups in total. The van der Waals surface area contributed by atoms with Crippen LogP contribution in [0.2, 0.25) is 0 Å². The van der Waals surface area contributed by atoms with Crippen molar-refractivity contribution >= 4 is 50.2 Å². The van der Waals surface area contributed by atoms with Crippen molar-refractivity contribution in [3.05, 3.63) is 46.8 Å². The fourth-order valence-electron chi connectivity index (χ4n) is 1.54. The highest BCUT2D eigenvalue weighted by molar-refractivity contribution is 7.94. The number of carbonyl (C=O) groups is 1. The van der Waals surface area contributed by atoms with Crippen molar-refractivity contribution < 1.29 is 13.2 Å². The van der Waals surface area contributed by atoms with Crippen LogP contribution in [0, 0.1) is 0 Å². The number of rotatable bonds is 5. The van der Waals surface area contributed by atoms with Crippen LogP contribution in [0.1, 0.15) is 15.2 Å². The van der Waals surface area contributed by atoms with Crippen LogP contribution in [-0.2, 0) is 10.0 Å². The maximum atomic E-state index is 12.2. The first kappa shape index (κ1) is 15.4. The summed E-state index contributed by atoms with van der Waals surface area (Å²) in [6.07, 6.45) is 0. The Kier molecular flexibility index (Phi) is 4.26. The van der Waals surface area contributed by atoms with Gasteiger partial charge in [0, 0.05) is 11.3 Å². The molecule has 0 radical (unpaired) electrons. The number of amides is 1. The van der Waals surface area contributed by atoms with E-state index in [0.717, 1.165) is 11.3 Å². The highest BCUT2D eigenvalue weighted by Crippen LogP contribution is 2.24. The van der Waals surface area contributed by atoms with Crippen LogP contribution in [0.4, 0.5) is 5.69 Å². The molecule has 0 aliphatic carbocycles. The molecule has 0 bridgehead atoms. The van der Waals surface area contributed by atoms with Crippen molar-refractivity contribution in [2.75, 3.05) is 4.72 Å². The predicted octanol–water partition coefficient (Wildman–Crippen LogP) is 1.28. The molecule has 0 spiro atoms. The van der Waals surface area contributed by atoms with Crippen LogP contribution in [0.15, 0.2) is 40.6 Å². The van der Waals surface area contributed by atoms with E-state index in [-0.39, 0.29) is 20.4 Å². The van der Waals surface area contributed by atoms with Gasteiger partial charge in [-0.05, 0) is 30.3 Å². The maximum Gasteiger partial charge on any atom is 0.271 e. The monoisotopic (exact) mass is 341 g/mol. The number of nitrogens with two attached hydrogens (primary N) is 2. The Balaban J connectivity index is 2.30. The van der Waals surface area contributed by atoms with Crippen molar-refractivity contribution in [2.45, 2.75) is 4.21 Å². The summed E-state index contributed by atoms with van der Waals surface area (Å²) in [5.74, 6) is -0.636. The lowest BCUT2D eigenvalue weighted by Crippen LogP contribution is -2.14. The zero-order chi connectivity index (χ0) is 15.6. The van der Waals surface area contributed by atoms with E-state index in [9.17, 15) is 13.2 Å². The molecular formula is C12H11N3O3S3. The molecule has 0 atom stereocenters. The van der Waals surface area contributed by atoms with Gasteiger partial charge >= 0.3 is 0 Å². The molecule has 0 aliphatic rings. The largest absolute Gasteiger partial charge is 0.389 e. The molecule has 0 saturated carbocycles. The van der Waals surface area contributed by atoms with Gasteiger partial charge in [0.25, 0.3) is 10.0 Å². The molecule has 2 aromatic rings. The summed E-state index contributed by atoms with van der Waals surface area (Å²) in [4.78, 5) is 11.7. The van der Waals surface area contributed by atoms with Crippen LogP contribution in [0.25, 0.3) is 0 Å². The molecule has 110 valence electrons. The molecule has 1 aromatic carbocycles. The Bertz CT molecular complexity index is 812. The van der Waals surface area contributed by atoms with Crippen LogP contribution < -0.4 is 16.2 Å². The zero-order valence-electron chi connectivity index (χ0n) is 10.6. The van der Waals surface area contributed by atoms with Gasteiger partial charge in [-0.15, -0.1) is 11.3 Å². The molecule has 0 unspecified atom stereocenters. The number of nitrogens with one attached hydrogen (secondary N) is 1. The Morgan fingerprint density at radius 3 is 2.48 bits per heavy atom. The van der Waals surface area contributed by atoms with Crippen LogP contribution in [0.3, 0.4) is 0 Å². The fraction of sp³-hybridized carbons (Fsp3) is 0. The summed E-state index contributed by atoms with van der Waals surface area (Å²) in [7, 11) is -3.77. The SMILES string of the molecule is NC(=O)c1cccc(NS(=O)(=O)c2ccc(C(N)=S)s2)c1. The lowest BCUT2D eigenvalue weighted by Gasteiger charge is -2.07. The topological polar surface area (TPSA) is 115 Å². The van der Waals surface area contributed by atoms with Gasteiger partial charge < -0.3 is 11.5 Å². The van der Waals surface area contributed by atoms with E-state index in [1.165, 1.54) is 30.3 Å². The molecule has 1 aromatic heterocycles. The number of anilines is 1.